The van der Waals surface area contributed by atoms with Crippen LogP contribution in [0.2, 0.25) is 0 Å². The van der Waals surface area contributed by atoms with E-state index < -0.39 is 0 Å². The van der Waals surface area contributed by atoms with Gasteiger partial charge in [0.1, 0.15) is 5.75 Å². The Labute approximate surface area is 122 Å². The van der Waals surface area contributed by atoms with Gasteiger partial charge in [-0.25, -0.2) is 0 Å². The monoisotopic (exact) mass is 277 g/mol. The van der Waals surface area contributed by atoms with Crippen molar-refractivity contribution in [3.63, 3.8) is 0 Å². The van der Waals surface area contributed by atoms with Gasteiger partial charge in [-0.05, 0) is 63.6 Å². The summed E-state index contributed by atoms with van der Waals surface area (Å²) in [5.41, 5.74) is 7.45. The highest BCUT2D eigenvalue weighted by Crippen LogP contribution is 2.24. The second-order valence-corrected chi connectivity index (χ2v) is 5.91. The van der Waals surface area contributed by atoms with Crippen LogP contribution in [-0.2, 0) is 4.74 Å². The van der Waals surface area contributed by atoms with Crippen molar-refractivity contribution >= 4 is 0 Å². The molecule has 1 aromatic carbocycles. The zero-order chi connectivity index (χ0) is 14.4. The fourth-order valence-electron chi connectivity index (χ4n) is 2.66. The summed E-state index contributed by atoms with van der Waals surface area (Å²) in [6.07, 6.45) is 6.30. The molecule has 20 heavy (non-hydrogen) atoms. The molecule has 2 N–H and O–H groups in total. The zero-order valence-electron chi connectivity index (χ0n) is 12.7. The lowest BCUT2D eigenvalue weighted by atomic mass is 9.98. The summed E-state index contributed by atoms with van der Waals surface area (Å²) in [7, 11) is 0. The van der Waals surface area contributed by atoms with Gasteiger partial charge in [0.2, 0.25) is 0 Å². The SMILES string of the molecule is CC(C)Oc1cccc(C(N)CCC2CCCCO2)c1. The predicted octanol–water partition coefficient (Wildman–Crippen LogP) is 3.82. The van der Waals surface area contributed by atoms with Crippen molar-refractivity contribution in [3.8, 4) is 5.75 Å². The van der Waals surface area contributed by atoms with E-state index in [9.17, 15) is 0 Å². The first-order valence-electron chi connectivity index (χ1n) is 7.79. The lowest BCUT2D eigenvalue weighted by Gasteiger charge is -2.24. The molecular weight excluding hydrogens is 250 g/mol. The number of hydrogen-bond donors (Lipinski definition) is 1. The molecule has 0 aromatic heterocycles. The first kappa shape index (κ1) is 15.3. The molecule has 1 aliphatic heterocycles. The van der Waals surface area contributed by atoms with Crippen LogP contribution in [0.1, 0.15) is 57.6 Å². The molecule has 3 heteroatoms. The zero-order valence-corrected chi connectivity index (χ0v) is 12.7. The van der Waals surface area contributed by atoms with E-state index in [0.29, 0.717) is 6.10 Å². The average molecular weight is 277 g/mol. The van der Waals surface area contributed by atoms with E-state index in [-0.39, 0.29) is 12.1 Å². The molecule has 0 bridgehead atoms. The van der Waals surface area contributed by atoms with Gasteiger partial charge in [0, 0.05) is 12.6 Å². The minimum Gasteiger partial charge on any atom is -0.491 e. The molecule has 2 rings (SSSR count). The first-order chi connectivity index (χ1) is 9.65. The third kappa shape index (κ3) is 4.80. The van der Waals surface area contributed by atoms with E-state index in [4.69, 9.17) is 15.2 Å². The van der Waals surface area contributed by atoms with Gasteiger partial charge < -0.3 is 15.2 Å². The third-order valence-corrected chi connectivity index (χ3v) is 3.73. The number of benzene rings is 1. The Kier molecular flexibility index (Phi) is 5.86. The molecule has 1 aliphatic rings. The molecule has 0 spiro atoms. The Morgan fingerprint density at radius 2 is 2.20 bits per heavy atom. The molecule has 112 valence electrons. The standard InChI is InChI=1S/C17H27NO2/c1-13(2)20-16-8-5-6-14(12-16)17(18)10-9-15-7-3-4-11-19-15/h5-6,8,12-13,15,17H,3-4,7,9-11,18H2,1-2H3. The number of rotatable bonds is 6. The number of nitrogens with two attached hydrogens (primary N) is 1. The molecule has 2 unspecified atom stereocenters. The summed E-state index contributed by atoms with van der Waals surface area (Å²) in [4.78, 5) is 0. The summed E-state index contributed by atoms with van der Waals surface area (Å²) in [5, 5.41) is 0. The highest BCUT2D eigenvalue weighted by atomic mass is 16.5. The third-order valence-electron chi connectivity index (χ3n) is 3.73. The topological polar surface area (TPSA) is 44.5 Å². The van der Waals surface area contributed by atoms with Crippen LogP contribution in [0.15, 0.2) is 24.3 Å². The highest BCUT2D eigenvalue weighted by molar-refractivity contribution is 5.30. The van der Waals surface area contributed by atoms with Crippen LogP contribution in [-0.4, -0.2) is 18.8 Å². The van der Waals surface area contributed by atoms with Gasteiger partial charge >= 0.3 is 0 Å². The molecule has 0 radical (unpaired) electrons. The maximum atomic E-state index is 6.30. The average Bonchev–Trinajstić information content (AvgIpc) is 2.45. The van der Waals surface area contributed by atoms with Crippen LogP contribution < -0.4 is 10.5 Å². The summed E-state index contributed by atoms with van der Waals surface area (Å²) in [6.45, 7) is 4.98. The van der Waals surface area contributed by atoms with Crippen LogP contribution >= 0.6 is 0 Å². The van der Waals surface area contributed by atoms with Gasteiger partial charge in [0.25, 0.3) is 0 Å². The van der Waals surface area contributed by atoms with Crippen molar-refractivity contribution in [2.75, 3.05) is 6.61 Å². The van der Waals surface area contributed by atoms with E-state index in [1.807, 2.05) is 26.0 Å². The summed E-state index contributed by atoms with van der Waals surface area (Å²) < 4.78 is 11.5. The molecule has 0 amide bonds. The number of hydrogen-bond acceptors (Lipinski definition) is 3. The fraction of sp³-hybridized carbons (Fsp3) is 0.647. The van der Waals surface area contributed by atoms with Gasteiger partial charge in [0.15, 0.2) is 0 Å². The Bertz CT molecular complexity index is 400. The lowest BCUT2D eigenvalue weighted by Crippen LogP contribution is -2.21. The first-order valence-corrected chi connectivity index (χ1v) is 7.79. The maximum Gasteiger partial charge on any atom is 0.120 e. The molecule has 1 heterocycles. The van der Waals surface area contributed by atoms with Gasteiger partial charge in [-0.15, -0.1) is 0 Å². The lowest BCUT2D eigenvalue weighted by molar-refractivity contribution is 0.00912. The van der Waals surface area contributed by atoms with Gasteiger partial charge in [-0.3, -0.25) is 0 Å². The molecule has 1 aromatic rings. The second kappa shape index (κ2) is 7.65. The molecule has 0 saturated carbocycles. The molecule has 2 atom stereocenters. The molecule has 1 saturated heterocycles. The van der Waals surface area contributed by atoms with Crippen molar-refractivity contribution in [1.29, 1.82) is 0 Å². The largest absolute Gasteiger partial charge is 0.491 e. The van der Waals surface area contributed by atoms with Crippen LogP contribution in [0.25, 0.3) is 0 Å². The van der Waals surface area contributed by atoms with Crippen LogP contribution in [0.4, 0.5) is 0 Å². The Morgan fingerprint density at radius 3 is 2.90 bits per heavy atom. The van der Waals surface area contributed by atoms with E-state index in [2.05, 4.69) is 12.1 Å². The van der Waals surface area contributed by atoms with Crippen molar-refractivity contribution < 1.29 is 9.47 Å². The minimum absolute atomic E-state index is 0.0660. The van der Waals surface area contributed by atoms with Crippen molar-refractivity contribution in [3.05, 3.63) is 29.8 Å². The van der Waals surface area contributed by atoms with Crippen LogP contribution in [0.5, 0.6) is 5.75 Å². The second-order valence-electron chi connectivity index (χ2n) is 5.91. The molecule has 1 fully saturated rings. The Morgan fingerprint density at radius 1 is 1.35 bits per heavy atom. The Balaban J connectivity index is 1.86. The maximum absolute atomic E-state index is 6.30. The Hall–Kier alpha value is -1.06. The minimum atomic E-state index is 0.0660. The normalized spacial score (nSPS) is 20.9. The summed E-state index contributed by atoms with van der Waals surface area (Å²) in [5.74, 6) is 0.905. The molecule has 3 nitrogen and oxygen atoms in total. The van der Waals surface area contributed by atoms with E-state index in [0.717, 1.165) is 30.8 Å². The van der Waals surface area contributed by atoms with Gasteiger partial charge in [-0.2, -0.15) is 0 Å². The predicted molar refractivity (Wildman–Crippen MR) is 82.0 cm³/mol. The summed E-state index contributed by atoms with van der Waals surface area (Å²) >= 11 is 0. The van der Waals surface area contributed by atoms with Crippen molar-refractivity contribution in [2.24, 2.45) is 5.73 Å². The van der Waals surface area contributed by atoms with Gasteiger partial charge in [0.05, 0.1) is 12.2 Å². The van der Waals surface area contributed by atoms with Crippen LogP contribution in [0, 0.1) is 0 Å². The van der Waals surface area contributed by atoms with Crippen molar-refractivity contribution in [1.82, 2.24) is 0 Å². The summed E-state index contributed by atoms with van der Waals surface area (Å²) in [6, 6.07) is 8.22. The van der Waals surface area contributed by atoms with Crippen LogP contribution in [0.3, 0.4) is 0 Å². The van der Waals surface area contributed by atoms with E-state index >= 15 is 0 Å². The highest BCUT2D eigenvalue weighted by Gasteiger charge is 2.16. The fourth-order valence-corrected chi connectivity index (χ4v) is 2.66. The molecular formula is C17H27NO2. The van der Waals surface area contributed by atoms with Gasteiger partial charge in [-0.1, -0.05) is 12.1 Å². The molecule has 0 aliphatic carbocycles. The smallest absolute Gasteiger partial charge is 0.120 e. The van der Waals surface area contributed by atoms with Crippen molar-refractivity contribution in [2.45, 2.75) is 64.2 Å². The van der Waals surface area contributed by atoms with E-state index in [1.165, 1.54) is 19.3 Å². The number of ether oxygens (including phenoxy) is 2. The quantitative estimate of drug-likeness (QED) is 0.859. The van der Waals surface area contributed by atoms with E-state index in [1.54, 1.807) is 0 Å².